The van der Waals surface area contributed by atoms with E-state index >= 15 is 0 Å². The van der Waals surface area contributed by atoms with E-state index in [0.29, 0.717) is 16.5 Å². The molecule has 6 heteroatoms. The Bertz CT molecular complexity index is 849. The number of carbonyl (C=O) groups excluding carboxylic acids is 1. The van der Waals surface area contributed by atoms with Gasteiger partial charge in [-0.25, -0.2) is 4.98 Å². The van der Waals surface area contributed by atoms with Crippen LogP contribution in [0.3, 0.4) is 0 Å². The van der Waals surface area contributed by atoms with Crippen molar-refractivity contribution in [3.05, 3.63) is 65.1 Å². The van der Waals surface area contributed by atoms with Gasteiger partial charge < -0.3 is 9.15 Å². The van der Waals surface area contributed by atoms with Crippen LogP contribution in [0.25, 0.3) is 11.6 Å². The summed E-state index contributed by atoms with van der Waals surface area (Å²) in [6.45, 7) is 1.94. The minimum absolute atomic E-state index is 0.245. The molecule has 3 rings (SSSR count). The molecule has 0 unspecified atom stereocenters. The molecule has 0 saturated heterocycles. The van der Waals surface area contributed by atoms with E-state index in [1.165, 1.54) is 11.3 Å². The first-order valence-corrected chi connectivity index (χ1v) is 8.11. The second-order valence-corrected chi connectivity index (χ2v) is 6.27. The number of thiazole rings is 1. The van der Waals surface area contributed by atoms with Crippen LogP contribution in [0.4, 0.5) is 5.13 Å². The zero-order chi connectivity index (χ0) is 16.9. The highest BCUT2D eigenvalue weighted by Crippen LogP contribution is 2.24. The number of hydrogen-bond donors (Lipinski definition) is 1. The number of furan rings is 1. The van der Waals surface area contributed by atoms with Gasteiger partial charge in [0.05, 0.1) is 18.9 Å². The van der Waals surface area contributed by atoms with Crippen LogP contribution in [0.5, 0.6) is 5.75 Å². The second kappa shape index (κ2) is 7.14. The van der Waals surface area contributed by atoms with Crippen LogP contribution in [0.1, 0.15) is 16.2 Å². The van der Waals surface area contributed by atoms with Gasteiger partial charge in [-0.05, 0) is 42.8 Å². The van der Waals surface area contributed by atoms with Crippen molar-refractivity contribution >= 4 is 34.0 Å². The van der Waals surface area contributed by atoms with Gasteiger partial charge >= 0.3 is 0 Å². The van der Waals surface area contributed by atoms with Gasteiger partial charge in [-0.3, -0.25) is 10.1 Å². The summed E-state index contributed by atoms with van der Waals surface area (Å²) < 4.78 is 10.5. The van der Waals surface area contributed by atoms with Gasteiger partial charge in [0.1, 0.15) is 11.5 Å². The van der Waals surface area contributed by atoms with E-state index in [9.17, 15) is 4.79 Å². The molecule has 0 spiro atoms. The zero-order valence-electron chi connectivity index (χ0n) is 13.3. The van der Waals surface area contributed by atoms with Crippen LogP contribution in [-0.2, 0) is 4.79 Å². The number of aryl methyl sites for hydroxylation is 1. The maximum atomic E-state index is 12.7. The summed E-state index contributed by atoms with van der Waals surface area (Å²) in [6.07, 6.45) is 5.00. The average molecular weight is 340 g/mol. The summed E-state index contributed by atoms with van der Waals surface area (Å²) in [4.78, 5) is 17.9. The van der Waals surface area contributed by atoms with Gasteiger partial charge in [0, 0.05) is 11.1 Å². The third-order valence-electron chi connectivity index (χ3n) is 3.32. The lowest BCUT2D eigenvalue weighted by atomic mass is 10.0. The first-order chi connectivity index (χ1) is 11.7. The fourth-order valence-corrected chi connectivity index (χ4v) is 2.80. The molecule has 0 atom stereocenters. The van der Waals surface area contributed by atoms with Gasteiger partial charge in [-0.1, -0.05) is 12.1 Å². The van der Waals surface area contributed by atoms with E-state index in [2.05, 4.69) is 10.3 Å². The Morgan fingerprint density at radius 2 is 2.08 bits per heavy atom. The number of hydrogen-bond acceptors (Lipinski definition) is 5. The van der Waals surface area contributed by atoms with E-state index in [0.717, 1.165) is 16.2 Å². The molecule has 0 aliphatic heterocycles. The number of anilines is 1. The van der Waals surface area contributed by atoms with Gasteiger partial charge in [-0.15, -0.1) is 11.3 Å². The molecule has 0 radical (unpaired) electrons. The highest BCUT2D eigenvalue weighted by atomic mass is 32.1. The number of nitrogens with zero attached hydrogens (tertiary/aromatic N) is 1. The lowest BCUT2D eigenvalue weighted by Gasteiger charge is -2.08. The number of nitrogens with one attached hydrogen (secondary N) is 1. The van der Waals surface area contributed by atoms with Gasteiger partial charge in [0.25, 0.3) is 5.91 Å². The summed E-state index contributed by atoms with van der Waals surface area (Å²) in [5, 5.41) is 3.40. The van der Waals surface area contributed by atoms with Crippen molar-refractivity contribution in [1.82, 2.24) is 4.98 Å². The zero-order valence-corrected chi connectivity index (χ0v) is 14.1. The standard InChI is InChI=1S/C18H16N2O3S/c1-12-11-19-18(24-12)20-17(21)16(10-15-4-3-9-23-15)13-5-7-14(22-2)8-6-13/h3-11H,1-2H3,(H,19,20,21). The molecule has 1 amide bonds. The van der Waals surface area contributed by atoms with E-state index in [4.69, 9.17) is 9.15 Å². The number of ether oxygens (including phenoxy) is 1. The van der Waals surface area contributed by atoms with Crippen LogP contribution < -0.4 is 10.1 Å². The van der Waals surface area contributed by atoms with Gasteiger partial charge in [0.2, 0.25) is 0 Å². The molecule has 0 aliphatic rings. The van der Waals surface area contributed by atoms with E-state index in [1.807, 2.05) is 31.2 Å². The minimum Gasteiger partial charge on any atom is -0.497 e. The third kappa shape index (κ3) is 3.72. The Kier molecular flexibility index (Phi) is 4.77. The maximum absolute atomic E-state index is 12.7. The molecule has 2 heterocycles. The number of amides is 1. The monoisotopic (exact) mass is 340 g/mol. The molecule has 5 nitrogen and oxygen atoms in total. The van der Waals surface area contributed by atoms with E-state index in [-0.39, 0.29) is 5.91 Å². The summed E-state index contributed by atoms with van der Waals surface area (Å²) in [7, 11) is 1.60. The smallest absolute Gasteiger partial charge is 0.258 e. The molecule has 1 aromatic carbocycles. The summed E-state index contributed by atoms with van der Waals surface area (Å²) in [5.74, 6) is 1.09. The van der Waals surface area contributed by atoms with Crippen molar-refractivity contribution in [2.75, 3.05) is 12.4 Å². The molecule has 0 bridgehead atoms. The predicted molar refractivity (Wildman–Crippen MR) is 95.1 cm³/mol. The third-order valence-corrected chi connectivity index (χ3v) is 4.15. The largest absolute Gasteiger partial charge is 0.497 e. The Morgan fingerprint density at radius 1 is 1.29 bits per heavy atom. The average Bonchev–Trinajstić information content (AvgIpc) is 3.24. The Hall–Kier alpha value is -2.86. The highest BCUT2D eigenvalue weighted by Gasteiger charge is 2.15. The first-order valence-electron chi connectivity index (χ1n) is 7.29. The summed E-state index contributed by atoms with van der Waals surface area (Å²) in [6, 6.07) is 10.9. The van der Waals surface area contributed by atoms with Crippen LogP contribution in [0.15, 0.2) is 53.3 Å². The maximum Gasteiger partial charge on any atom is 0.258 e. The molecule has 24 heavy (non-hydrogen) atoms. The Morgan fingerprint density at radius 3 is 2.67 bits per heavy atom. The molecule has 3 aromatic rings. The molecule has 2 aromatic heterocycles. The SMILES string of the molecule is COc1ccc(C(=Cc2ccco2)C(=O)Nc2ncc(C)s2)cc1. The molecule has 0 fully saturated rings. The normalized spacial score (nSPS) is 11.3. The number of carbonyl (C=O) groups is 1. The van der Waals surface area contributed by atoms with Crippen LogP contribution >= 0.6 is 11.3 Å². The van der Waals surface area contributed by atoms with E-state index in [1.54, 1.807) is 37.8 Å². The highest BCUT2D eigenvalue weighted by molar-refractivity contribution is 7.15. The quantitative estimate of drug-likeness (QED) is 0.706. The summed E-state index contributed by atoms with van der Waals surface area (Å²) >= 11 is 1.43. The topological polar surface area (TPSA) is 64.4 Å². The number of aromatic nitrogens is 1. The van der Waals surface area contributed by atoms with Crippen molar-refractivity contribution in [2.45, 2.75) is 6.92 Å². The first kappa shape index (κ1) is 16.0. The predicted octanol–water partition coefficient (Wildman–Crippen LogP) is 4.23. The lowest BCUT2D eigenvalue weighted by Crippen LogP contribution is -2.13. The van der Waals surface area contributed by atoms with Crippen molar-refractivity contribution < 1.29 is 13.9 Å². The van der Waals surface area contributed by atoms with Crippen LogP contribution in [0, 0.1) is 6.92 Å². The Balaban J connectivity index is 1.93. The van der Waals surface area contributed by atoms with Crippen molar-refractivity contribution in [2.24, 2.45) is 0 Å². The summed E-state index contributed by atoms with van der Waals surface area (Å²) in [5.41, 5.74) is 1.25. The number of benzene rings is 1. The fraction of sp³-hybridized carbons (Fsp3) is 0.111. The Labute approximate surface area is 143 Å². The molecular weight excluding hydrogens is 324 g/mol. The van der Waals surface area contributed by atoms with Crippen molar-refractivity contribution in [3.8, 4) is 5.75 Å². The van der Waals surface area contributed by atoms with E-state index < -0.39 is 0 Å². The minimum atomic E-state index is -0.245. The van der Waals surface area contributed by atoms with Crippen molar-refractivity contribution in [3.63, 3.8) is 0 Å². The molecule has 0 aliphatic carbocycles. The molecule has 1 N–H and O–H groups in total. The molecule has 122 valence electrons. The van der Waals surface area contributed by atoms with Crippen LogP contribution in [0.2, 0.25) is 0 Å². The number of rotatable bonds is 5. The van der Waals surface area contributed by atoms with Gasteiger partial charge in [-0.2, -0.15) is 0 Å². The van der Waals surface area contributed by atoms with Crippen molar-refractivity contribution in [1.29, 1.82) is 0 Å². The number of methoxy groups -OCH3 is 1. The van der Waals surface area contributed by atoms with Crippen LogP contribution in [-0.4, -0.2) is 18.0 Å². The fourth-order valence-electron chi connectivity index (χ4n) is 2.14. The second-order valence-electron chi connectivity index (χ2n) is 5.03. The van der Waals surface area contributed by atoms with Gasteiger partial charge in [0.15, 0.2) is 5.13 Å². The molecule has 0 saturated carbocycles. The lowest BCUT2D eigenvalue weighted by molar-refractivity contribution is -0.111. The molecular formula is C18H16N2O3S.